The quantitative estimate of drug-likeness (QED) is 0.557. The highest BCUT2D eigenvalue weighted by molar-refractivity contribution is 5.12. The molecule has 0 radical (unpaired) electrons. The Morgan fingerprint density at radius 1 is 1.38 bits per heavy atom. The van der Waals surface area contributed by atoms with Crippen LogP contribution in [0, 0.1) is 24.2 Å². The van der Waals surface area contributed by atoms with E-state index in [2.05, 4.69) is 4.98 Å². The van der Waals surface area contributed by atoms with Crippen molar-refractivity contribution in [2.24, 2.45) is 17.3 Å². The fourth-order valence-corrected chi connectivity index (χ4v) is 4.19. The van der Waals surface area contributed by atoms with Crippen molar-refractivity contribution in [3.63, 3.8) is 0 Å². The Labute approximate surface area is 120 Å². The summed E-state index contributed by atoms with van der Waals surface area (Å²) in [6.07, 6.45) is 1.97. The highest BCUT2D eigenvalue weighted by Gasteiger charge is 2.60. The first-order valence-corrected chi connectivity index (χ1v) is 7.15. The second-order valence-corrected chi connectivity index (χ2v) is 6.44. The molecular weight excluding hydrogens is 276 g/mol. The van der Waals surface area contributed by atoms with Crippen molar-refractivity contribution < 1.29 is 15.3 Å². The predicted octanol–water partition coefficient (Wildman–Crippen LogP) is -1.24. The van der Waals surface area contributed by atoms with Gasteiger partial charge >= 0.3 is 5.69 Å². The third kappa shape index (κ3) is 1.91. The van der Waals surface area contributed by atoms with Crippen molar-refractivity contribution in [1.82, 2.24) is 9.55 Å². The molecule has 1 aromatic rings. The summed E-state index contributed by atoms with van der Waals surface area (Å²) in [5, 5.41) is 29.8. The van der Waals surface area contributed by atoms with Crippen LogP contribution in [-0.4, -0.2) is 44.2 Å². The molecule has 0 amide bonds. The van der Waals surface area contributed by atoms with Crippen molar-refractivity contribution in [2.75, 3.05) is 13.2 Å². The van der Waals surface area contributed by atoms with Gasteiger partial charge < -0.3 is 15.3 Å². The number of hydrogen-bond donors (Lipinski definition) is 4. The molecule has 7 nitrogen and oxygen atoms in total. The largest absolute Gasteiger partial charge is 0.396 e. The van der Waals surface area contributed by atoms with E-state index in [0.717, 1.165) is 0 Å². The van der Waals surface area contributed by atoms with Crippen molar-refractivity contribution >= 4 is 0 Å². The van der Waals surface area contributed by atoms with E-state index in [-0.39, 0.29) is 25.0 Å². The van der Waals surface area contributed by atoms with Crippen LogP contribution in [-0.2, 0) is 0 Å². The topological polar surface area (TPSA) is 116 Å². The van der Waals surface area contributed by atoms with Gasteiger partial charge in [0.05, 0.1) is 25.4 Å². The van der Waals surface area contributed by atoms with Gasteiger partial charge in [-0.15, -0.1) is 0 Å². The Kier molecular flexibility index (Phi) is 3.31. The van der Waals surface area contributed by atoms with Gasteiger partial charge in [-0.2, -0.15) is 0 Å². The molecule has 0 aliphatic heterocycles. The summed E-state index contributed by atoms with van der Waals surface area (Å²) in [6, 6.07) is -0.522. The van der Waals surface area contributed by atoms with Crippen LogP contribution >= 0.6 is 0 Å². The van der Waals surface area contributed by atoms with E-state index in [4.69, 9.17) is 0 Å². The molecule has 2 aliphatic carbocycles. The van der Waals surface area contributed by atoms with Gasteiger partial charge in [-0.1, -0.05) is 0 Å². The first-order chi connectivity index (χ1) is 9.93. The molecule has 21 heavy (non-hydrogen) atoms. The maximum absolute atomic E-state index is 12.1. The SMILES string of the molecule is Cc1cn([C@@H]2[C@@H](O)[C@@H]3C[C@H]2C(CO)(CO)C3)c(=O)[nH]c1=O. The van der Waals surface area contributed by atoms with Gasteiger partial charge in [-0.05, 0) is 31.6 Å². The van der Waals surface area contributed by atoms with Crippen LogP contribution in [0.2, 0.25) is 0 Å². The van der Waals surface area contributed by atoms with E-state index in [1.54, 1.807) is 6.92 Å². The van der Waals surface area contributed by atoms with Crippen LogP contribution in [0.25, 0.3) is 0 Å². The van der Waals surface area contributed by atoms with Gasteiger partial charge in [0.25, 0.3) is 5.56 Å². The third-order valence-electron chi connectivity index (χ3n) is 5.35. The standard InChI is InChI=1S/C14H20N2O5/c1-7-4-16(13(21)15-12(7)20)10-9-2-8(11(10)19)3-14(9,5-17)6-18/h4,8-11,17-19H,2-3,5-6H2,1H3,(H,15,20,21)/t8-,9-,10+,11+/m1/s1. The van der Waals surface area contributed by atoms with Crippen molar-refractivity contribution in [3.05, 3.63) is 32.6 Å². The summed E-state index contributed by atoms with van der Waals surface area (Å²) in [6.45, 7) is 1.25. The van der Waals surface area contributed by atoms with Crippen molar-refractivity contribution in [3.8, 4) is 0 Å². The summed E-state index contributed by atoms with van der Waals surface area (Å²) in [5.41, 5.74) is -1.28. The van der Waals surface area contributed by atoms with E-state index in [0.29, 0.717) is 18.4 Å². The van der Waals surface area contributed by atoms with Gasteiger partial charge in [0.1, 0.15) is 0 Å². The summed E-state index contributed by atoms with van der Waals surface area (Å²) in [7, 11) is 0. The fraction of sp³-hybridized carbons (Fsp3) is 0.714. The summed E-state index contributed by atoms with van der Waals surface area (Å²) >= 11 is 0. The molecule has 0 unspecified atom stereocenters. The lowest BCUT2D eigenvalue weighted by molar-refractivity contribution is -0.0536. The molecule has 2 bridgehead atoms. The van der Waals surface area contributed by atoms with E-state index in [9.17, 15) is 24.9 Å². The molecular formula is C14H20N2O5. The number of aliphatic hydroxyl groups excluding tert-OH is 3. The number of aromatic amines is 1. The molecule has 2 aliphatic rings. The molecule has 2 saturated carbocycles. The molecule has 0 aromatic carbocycles. The molecule has 3 rings (SSSR count). The van der Waals surface area contributed by atoms with Gasteiger partial charge in [-0.25, -0.2) is 4.79 Å². The lowest BCUT2D eigenvalue weighted by Crippen LogP contribution is -2.48. The van der Waals surface area contributed by atoms with E-state index in [1.807, 2.05) is 0 Å². The van der Waals surface area contributed by atoms with Crippen LogP contribution in [0.15, 0.2) is 15.8 Å². The second-order valence-electron chi connectivity index (χ2n) is 6.44. The number of aryl methyl sites for hydroxylation is 1. The van der Waals surface area contributed by atoms with Crippen molar-refractivity contribution in [2.45, 2.75) is 31.9 Å². The zero-order valence-corrected chi connectivity index (χ0v) is 11.8. The third-order valence-corrected chi connectivity index (χ3v) is 5.35. The van der Waals surface area contributed by atoms with Crippen LogP contribution in [0.4, 0.5) is 0 Å². The summed E-state index contributed by atoms with van der Waals surface area (Å²) < 4.78 is 1.35. The molecule has 7 heteroatoms. The molecule has 116 valence electrons. The summed E-state index contributed by atoms with van der Waals surface area (Å²) in [4.78, 5) is 25.8. The minimum Gasteiger partial charge on any atom is -0.396 e. The maximum atomic E-state index is 12.1. The van der Waals surface area contributed by atoms with Gasteiger partial charge in [0, 0.05) is 17.2 Å². The van der Waals surface area contributed by atoms with E-state index >= 15 is 0 Å². The first-order valence-electron chi connectivity index (χ1n) is 7.15. The maximum Gasteiger partial charge on any atom is 0.328 e. The number of fused-ring (bicyclic) bond motifs is 2. The molecule has 1 aromatic heterocycles. The highest BCUT2D eigenvalue weighted by atomic mass is 16.3. The molecule has 0 saturated heterocycles. The monoisotopic (exact) mass is 296 g/mol. The number of hydrogen-bond acceptors (Lipinski definition) is 5. The Hall–Kier alpha value is -1.44. The number of aliphatic hydroxyl groups is 3. The zero-order chi connectivity index (χ0) is 15.4. The molecule has 4 N–H and O–H groups in total. The normalized spacial score (nSPS) is 33.5. The number of aromatic nitrogens is 2. The average Bonchev–Trinajstić information content (AvgIpc) is 2.98. The van der Waals surface area contributed by atoms with Crippen molar-refractivity contribution in [1.29, 1.82) is 0 Å². The number of nitrogens with one attached hydrogen (secondary N) is 1. The zero-order valence-electron chi connectivity index (χ0n) is 11.8. The van der Waals surface area contributed by atoms with Gasteiger partial charge in [-0.3, -0.25) is 14.3 Å². The Bertz CT molecular complexity index is 660. The fourth-order valence-electron chi connectivity index (χ4n) is 4.19. The Morgan fingerprint density at radius 2 is 2.05 bits per heavy atom. The van der Waals surface area contributed by atoms with Crippen LogP contribution in [0.1, 0.15) is 24.4 Å². The molecule has 4 atom stereocenters. The smallest absolute Gasteiger partial charge is 0.328 e. The van der Waals surface area contributed by atoms with Gasteiger partial charge in [0.15, 0.2) is 0 Å². The van der Waals surface area contributed by atoms with Gasteiger partial charge in [0.2, 0.25) is 0 Å². The number of nitrogens with zero attached hydrogens (tertiary/aromatic N) is 1. The Morgan fingerprint density at radius 3 is 2.62 bits per heavy atom. The molecule has 1 heterocycles. The van der Waals surface area contributed by atoms with E-state index < -0.39 is 28.8 Å². The minimum atomic E-state index is -0.704. The van der Waals surface area contributed by atoms with Crippen LogP contribution in [0.3, 0.4) is 0 Å². The summed E-state index contributed by atoms with van der Waals surface area (Å²) in [5.74, 6) is -0.228. The van der Waals surface area contributed by atoms with Crippen LogP contribution < -0.4 is 11.2 Å². The predicted molar refractivity (Wildman–Crippen MR) is 73.9 cm³/mol. The molecule has 2 fully saturated rings. The van der Waals surface area contributed by atoms with Crippen LogP contribution in [0.5, 0.6) is 0 Å². The first kappa shape index (κ1) is 14.5. The number of rotatable bonds is 3. The minimum absolute atomic E-state index is 0.0431. The average molecular weight is 296 g/mol. The van der Waals surface area contributed by atoms with E-state index in [1.165, 1.54) is 10.8 Å². The molecule has 0 spiro atoms. The number of H-pyrrole nitrogens is 1. The second kappa shape index (κ2) is 4.79. The highest BCUT2D eigenvalue weighted by Crippen LogP contribution is 2.59. The Balaban J connectivity index is 2.08. The lowest BCUT2D eigenvalue weighted by atomic mass is 9.71. The lowest BCUT2D eigenvalue weighted by Gasteiger charge is -2.41.